The van der Waals surface area contributed by atoms with Crippen molar-refractivity contribution in [1.29, 1.82) is 0 Å². The van der Waals surface area contributed by atoms with E-state index in [-0.39, 0.29) is 12.1 Å². The fraction of sp³-hybridized carbons (Fsp3) is 0.368. The lowest BCUT2D eigenvalue weighted by Gasteiger charge is -2.27. The number of nitrogens with zero attached hydrogens (tertiary/aromatic N) is 2. The first-order valence-corrected chi connectivity index (χ1v) is 8.65. The van der Waals surface area contributed by atoms with Gasteiger partial charge in [0.2, 0.25) is 0 Å². The molecule has 4 rings (SSSR count). The minimum atomic E-state index is -0.0527. The van der Waals surface area contributed by atoms with Crippen molar-refractivity contribution in [3.63, 3.8) is 0 Å². The Hall–Kier alpha value is -2.76. The number of rotatable bonds is 3. The molecule has 1 N–H and O–H groups in total. The van der Waals surface area contributed by atoms with Crippen molar-refractivity contribution in [2.24, 2.45) is 0 Å². The Kier molecular flexibility index (Phi) is 4.41. The van der Waals surface area contributed by atoms with Gasteiger partial charge in [0.25, 0.3) is 0 Å². The number of carbonyl (C=O) groups excluding carboxylic acids is 1. The van der Waals surface area contributed by atoms with Crippen molar-refractivity contribution in [1.82, 2.24) is 15.2 Å². The molecule has 2 aromatic rings. The highest BCUT2D eigenvalue weighted by molar-refractivity contribution is 5.75. The molecule has 0 radical (unpaired) electrons. The van der Waals surface area contributed by atoms with Gasteiger partial charge in [0.1, 0.15) is 13.2 Å². The Morgan fingerprint density at radius 2 is 2.08 bits per heavy atom. The summed E-state index contributed by atoms with van der Waals surface area (Å²) in [5.74, 6) is 1.55. The third-order valence-corrected chi connectivity index (χ3v) is 4.61. The minimum absolute atomic E-state index is 0.0527. The van der Waals surface area contributed by atoms with Crippen molar-refractivity contribution in [3.8, 4) is 11.5 Å². The highest BCUT2D eigenvalue weighted by Crippen LogP contribution is 2.38. The van der Waals surface area contributed by atoms with Gasteiger partial charge >= 0.3 is 6.03 Å². The zero-order valence-electron chi connectivity index (χ0n) is 14.0. The first-order chi connectivity index (χ1) is 12.3. The number of benzene rings is 1. The van der Waals surface area contributed by atoms with Gasteiger partial charge in [-0.15, -0.1) is 0 Å². The normalized spacial score (nSPS) is 18.9. The summed E-state index contributed by atoms with van der Waals surface area (Å²) in [4.78, 5) is 18.8. The maximum absolute atomic E-state index is 12.6. The summed E-state index contributed by atoms with van der Waals surface area (Å²) in [5.41, 5.74) is 1.95. The topological polar surface area (TPSA) is 63.7 Å². The zero-order chi connectivity index (χ0) is 17.1. The smallest absolute Gasteiger partial charge is 0.318 e. The van der Waals surface area contributed by atoms with Gasteiger partial charge in [0, 0.05) is 12.7 Å². The summed E-state index contributed by atoms with van der Waals surface area (Å²) in [5, 5.41) is 2.97. The van der Waals surface area contributed by atoms with Crippen LogP contribution in [0.2, 0.25) is 0 Å². The fourth-order valence-electron chi connectivity index (χ4n) is 3.39. The molecular formula is C19H21N3O3. The molecule has 1 saturated heterocycles. The molecule has 0 unspecified atom stereocenters. The van der Waals surface area contributed by atoms with Crippen molar-refractivity contribution in [3.05, 3.63) is 53.9 Å². The summed E-state index contributed by atoms with van der Waals surface area (Å²) >= 11 is 0. The predicted molar refractivity (Wildman–Crippen MR) is 92.6 cm³/mol. The molecule has 2 aliphatic rings. The molecule has 1 atom stereocenters. The SMILES string of the molecule is O=C(NCc1ccccn1)N1CCC[C@@H]1c1ccc2c(c1)OCCO2. The number of fused-ring (bicyclic) bond motifs is 1. The molecule has 1 fully saturated rings. The summed E-state index contributed by atoms with van der Waals surface area (Å²) in [7, 11) is 0. The number of hydrogen-bond acceptors (Lipinski definition) is 4. The fourth-order valence-corrected chi connectivity index (χ4v) is 3.39. The number of hydrogen-bond donors (Lipinski definition) is 1. The van der Waals surface area contributed by atoms with Crippen LogP contribution in [0.5, 0.6) is 11.5 Å². The Morgan fingerprint density at radius 3 is 2.92 bits per heavy atom. The van der Waals surface area contributed by atoms with E-state index in [0.717, 1.165) is 42.1 Å². The van der Waals surface area contributed by atoms with E-state index in [4.69, 9.17) is 9.47 Å². The Bertz CT molecular complexity index is 751. The molecule has 1 aromatic carbocycles. The van der Waals surface area contributed by atoms with E-state index in [1.54, 1.807) is 6.20 Å². The summed E-state index contributed by atoms with van der Waals surface area (Å²) in [6.07, 6.45) is 3.68. The van der Waals surface area contributed by atoms with Crippen LogP contribution in [0.25, 0.3) is 0 Å². The lowest BCUT2D eigenvalue weighted by atomic mass is 10.0. The van der Waals surface area contributed by atoms with Crippen LogP contribution in [0.1, 0.15) is 30.1 Å². The van der Waals surface area contributed by atoms with E-state index >= 15 is 0 Å². The standard InChI is InChI=1S/C19H21N3O3/c23-19(21-13-15-4-1-2-8-20-15)22-9-3-5-16(22)14-6-7-17-18(12-14)25-11-10-24-17/h1-2,4,6-8,12,16H,3,5,9-11,13H2,(H,21,23)/t16-/m1/s1. The summed E-state index contributed by atoms with van der Waals surface area (Å²) in [6.45, 7) is 2.34. The van der Waals surface area contributed by atoms with Crippen LogP contribution >= 0.6 is 0 Å². The number of ether oxygens (including phenoxy) is 2. The van der Waals surface area contributed by atoms with Gasteiger partial charge in [0.05, 0.1) is 18.3 Å². The Balaban J connectivity index is 1.45. The summed E-state index contributed by atoms with van der Waals surface area (Å²) < 4.78 is 11.3. The molecule has 6 heteroatoms. The van der Waals surface area contributed by atoms with Gasteiger partial charge in [0.15, 0.2) is 11.5 Å². The molecule has 0 spiro atoms. The van der Waals surface area contributed by atoms with E-state index < -0.39 is 0 Å². The first kappa shape index (κ1) is 15.7. The number of urea groups is 1. The zero-order valence-corrected chi connectivity index (χ0v) is 14.0. The number of aromatic nitrogens is 1. The number of likely N-dealkylation sites (tertiary alicyclic amines) is 1. The van der Waals surface area contributed by atoms with Crippen LogP contribution in [0.15, 0.2) is 42.6 Å². The van der Waals surface area contributed by atoms with Crippen LogP contribution in [0, 0.1) is 0 Å². The molecule has 0 aliphatic carbocycles. The van der Waals surface area contributed by atoms with E-state index in [1.807, 2.05) is 41.3 Å². The quantitative estimate of drug-likeness (QED) is 0.934. The molecule has 0 bridgehead atoms. The number of nitrogens with one attached hydrogen (secondary N) is 1. The molecule has 6 nitrogen and oxygen atoms in total. The third-order valence-electron chi connectivity index (χ3n) is 4.61. The largest absolute Gasteiger partial charge is 0.486 e. The van der Waals surface area contributed by atoms with Crippen LogP contribution in [-0.4, -0.2) is 35.7 Å². The van der Waals surface area contributed by atoms with Gasteiger partial charge in [-0.2, -0.15) is 0 Å². The van der Waals surface area contributed by atoms with Crippen molar-refractivity contribution in [2.45, 2.75) is 25.4 Å². The monoisotopic (exact) mass is 339 g/mol. The second-order valence-corrected chi connectivity index (χ2v) is 6.23. The van der Waals surface area contributed by atoms with Crippen LogP contribution in [-0.2, 0) is 6.54 Å². The maximum atomic E-state index is 12.6. The van der Waals surface area contributed by atoms with E-state index in [2.05, 4.69) is 10.3 Å². The number of pyridine rings is 1. The van der Waals surface area contributed by atoms with Gasteiger partial charge < -0.3 is 19.7 Å². The average molecular weight is 339 g/mol. The second kappa shape index (κ2) is 7.01. The Morgan fingerprint density at radius 1 is 1.20 bits per heavy atom. The predicted octanol–water partition coefficient (Wildman–Crippen LogP) is 2.90. The van der Waals surface area contributed by atoms with Crippen molar-refractivity contribution < 1.29 is 14.3 Å². The highest BCUT2D eigenvalue weighted by Gasteiger charge is 2.30. The lowest BCUT2D eigenvalue weighted by molar-refractivity contribution is 0.170. The van der Waals surface area contributed by atoms with Crippen LogP contribution < -0.4 is 14.8 Å². The minimum Gasteiger partial charge on any atom is -0.486 e. The molecule has 130 valence electrons. The van der Waals surface area contributed by atoms with Gasteiger partial charge in [-0.05, 0) is 42.7 Å². The molecule has 25 heavy (non-hydrogen) atoms. The molecule has 2 amide bonds. The van der Waals surface area contributed by atoms with Crippen LogP contribution in [0.4, 0.5) is 4.79 Å². The highest BCUT2D eigenvalue weighted by atomic mass is 16.6. The first-order valence-electron chi connectivity index (χ1n) is 8.65. The number of amides is 2. The Labute approximate surface area is 146 Å². The lowest BCUT2D eigenvalue weighted by Crippen LogP contribution is -2.39. The number of carbonyl (C=O) groups is 1. The van der Waals surface area contributed by atoms with Crippen LogP contribution in [0.3, 0.4) is 0 Å². The summed E-state index contributed by atoms with van der Waals surface area (Å²) in [6, 6.07) is 11.7. The van der Waals surface area contributed by atoms with Crippen molar-refractivity contribution in [2.75, 3.05) is 19.8 Å². The maximum Gasteiger partial charge on any atom is 0.318 e. The third kappa shape index (κ3) is 3.38. The van der Waals surface area contributed by atoms with E-state index in [1.165, 1.54) is 0 Å². The van der Waals surface area contributed by atoms with Crippen molar-refractivity contribution >= 4 is 6.03 Å². The van der Waals surface area contributed by atoms with Gasteiger partial charge in [-0.3, -0.25) is 4.98 Å². The molecular weight excluding hydrogens is 318 g/mol. The van der Waals surface area contributed by atoms with Gasteiger partial charge in [-0.1, -0.05) is 12.1 Å². The molecule has 3 heterocycles. The van der Waals surface area contributed by atoms with Gasteiger partial charge in [-0.25, -0.2) is 4.79 Å². The van der Waals surface area contributed by atoms with E-state index in [0.29, 0.717) is 19.8 Å². The van der Waals surface area contributed by atoms with E-state index in [9.17, 15) is 4.79 Å². The molecule has 0 saturated carbocycles. The molecule has 2 aliphatic heterocycles. The molecule has 1 aromatic heterocycles. The second-order valence-electron chi connectivity index (χ2n) is 6.23. The average Bonchev–Trinajstić information content (AvgIpc) is 3.16.